The minimum absolute atomic E-state index is 0.0971. The summed E-state index contributed by atoms with van der Waals surface area (Å²) in [5.74, 6) is -2.09. The zero-order valence-electron chi connectivity index (χ0n) is 13.4. The number of carbonyl (C=O) groups is 3. The van der Waals surface area contributed by atoms with Gasteiger partial charge in [0.25, 0.3) is 0 Å². The van der Waals surface area contributed by atoms with Crippen molar-refractivity contribution in [2.24, 2.45) is 5.73 Å². The van der Waals surface area contributed by atoms with E-state index < -0.39 is 24.1 Å². The second-order valence-electron chi connectivity index (χ2n) is 5.85. The second kappa shape index (κ2) is 10.2. The van der Waals surface area contributed by atoms with Crippen molar-refractivity contribution in [3.8, 4) is 0 Å². The lowest BCUT2D eigenvalue weighted by Crippen LogP contribution is -2.54. The zero-order chi connectivity index (χ0) is 17.2. The Morgan fingerprint density at radius 2 is 2.04 bits per heavy atom. The molecule has 1 amide bonds. The predicted octanol–water partition coefficient (Wildman–Crippen LogP) is 0.362. The molecule has 1 rings (SSSR count). The highest BCUT2D eigenvalue weighted by Crippen LogP contribution is 2.19. The predicted molar refractivity (Wildman–Crippen MR) is 83.7 cm³/mol. The number of nitrogens with one attached hydrogen (secondary N) is 1. The molecule has 23 heavy (non-hydrogen) atoms. The fraction of sp³-hybridized carbons (Fsp3) is 0.800. The first-order valence-electron chi connectivity index (χ1n) is 8.15. The van der Waals surface area contributed by atoms with Gasteiger partial charge in [0.15, 0.2) is 0 Å². The fourth-order valence-electron chi connectivity index (χ4n) is 2.87. The standard InChI is InChI=1S/C15H27N3O5/c16-9-4-3-5-11(15(22)23)18(10-8-14(20)21)12-6-1-2-7-13(19)17-12/h11-12H,1-10,16H2,(H,17,19)(H,20,21)(H,22,23)/t11-,12?/m0/s1. The van der Waals surface area contributed by atoms with Crippen molar-refractivity contribution in [3.05, 3.63) is 0 Å². The first-order chi connectivity index (χ1) is 11.0. The molecule has 132 valence electrons. The topological polar surface area (TPSA) is 133 Å². The average molecular weight is 329 g/mol. The van der Waals surface area contributed by atoms with E-state index in [-0.39, 0.29) is 18.9 Å². The first-order valence-corrected chi connectivity index (χ1v) is 8.15. The highest BCUT2D eigenvalue weighted by Gasteiger charge is 2.32. The van der Waals surface area contributed by atoms with Crippen LogP contribution in [0.4, 0.5) is 0 Å². The van der Waals surface area contributed by atoms with Gasteiger partial charge in [0.2, 0.25) is 5.91 Å². The summed E-state index contributed by atoms with van der Waals surface area (Å²) < 4.78 is 0. The molecule has 1 aliphatic heterocycles. The van der Waals surface area contributed by atoms with Crippen LogP contribution in [0.25, 0.3) is 0 Å². The van der Waals surface area contributed by atoms with Crippen molar-refractivity contribution in [2.45, 2.75) is 63.6 Å². The van der Waals surface area contributed by atoms with Crippen LogP contribution in [0, 0.1) is 0 Å². The molecule has 1 heterocycles. The molecule has 0 saturated carbocycles. The molecule has 0 spiro atoms. The maximum absolute atomic E-state index is 11.8. The quantitative estimate of drug-likeness (QED) is 0.425. The van der Waals surface area contributed by atoms with E-state index in [1.807, 2.05) is 0 Å². The van der Waals surface area contributed by atoms with Crippen LogP contribution in [0.1, 0.15) is 51.4 Å². The Labute approximate surface area is 136 Å². The molecule has 1 fully saturated rings. The van der Waals surface area contributed by atoms with Crippen LogP contribution >= 0.6 is 0 Å². The Kier molecular flexibility index (Phi) is 8.57. The Morgan fingerprint density at radius 3 is 2.65 bits per heavy atom. The number of carbonyl (C=O) groups excluding carboxylic acids is 1. The fourth-order valence-corrected chi connectivity index (χ4v) is 2.87. The summed E-state index contributed by atoms with van der Waals surface area (Å²) in [4.78, 5) is 35.9. The largest absolute Gasteiger partial charge is 0.481 e. The number of carboxylic acids is 2. The summed E-state index contributed by atoms with van der Waals surface area (Å²) in [5, 5.41) is 21.3. The number of hydrogen-bond donors (Lipinski definition) is 4. The van der Waals surface area contributed by atoms with Gasteiger partial charge in [-0.2, -0.15) is 0 Å². The van der Waals surface area contributed by atoms with Crippen LogP contribution in [-0.2, 0) is 14.4 Å². The van der Waals surface area contributed by atoms with Crippen molar-refractivity contribution in [2.75, 3.05) is 13.1 Å². The van der Waals surface area contributed by atoms with Gasteiger partial charge in [-0.15, -0.1) is 0 Å². The van der Waals surface area contributed by atoms with Crippen molar-refractivity contribution in [1.82, 2.24) is 10.2 Å². The summed E-state index contributed by atoms with van der Waals surface area (Å²) in [7, 11) is 0. The van der Waals surface area contributed by atoms with Gasteiger partial charge in [0.1, 0.15) is 6.04 Å². The molecule has 0 aromatic rings. The SMILES string of the molecule is NCCCC[C@@H](C(=O)O)N(CCC(=O)O)C1CCCCC(=O)N1. The lowest BCUT2D eigenvalue weighted by Gasteiger charge is -2.35. The monoisotopic (exact) mass is 329 g/mol. The Bertz CT molecular complexity index is 416. The second-order valence-corrected chi connectivity index (χ2v) is 5.85. The number of aliphatic carboxylic acids is 2. The number of nitrogens with two attached hydrogens (primary N) is 1. The molecule has 1 aliphatic rings. The summed E-state index contributed by atoms with van der Waals surface area (Å²) in [6.07, 6.45) is 3.79. The molecule has 1 saturated heterocycles. The van der Waals surface area contributed by atoms with Gasteiger partial charge in [-0.25, -0.2) is 0 Å². The van der Waals surface area contributed by atoms with E-state index in [9.17, 15) is 19.5 Å². The molecule has 5 N–H and O–H groups in total. The van der Waals surface area contributed by atoms with Crippen LogP contribution in [0.2, 0.25) is 0 Å². The van der Waals surface area contributed by atoms with E-state index in [1.54, 1.807) is 4.90 Å². The molecular weight excluding hydrogens is 302 g/mol. The summed E-state index contributed by atoms with van der Waals surface area (Å²) in [5.41, 5.74) is 5.45. The van der Waals surface area contributed by atoms with Crippen LogP contribution < -0.4 is 11.1 Å². The number of carboxylic acid groups (broad SMARTS) is 2. The number of nitrogens with zero attached hydrogens (tertiary/aromatic N) is 1. The molecule has 0 aromatic carbocycles. The third-order valence-corrected chi connectivity index (χ3v) is 4.06. The smallest absolute Gasteiger partial charge is 0.320 e. The van der Waals surface area contributed by atoms with E-state index in [2.05, 4.69) is 5.32 Å². The van der Waals surface area contributed by atoms with Gasteiger partial charge >= 0.3 is 11.9 Å². The molecule has 8 heteroatoms. The number of amides is 1. The summed E-state index contributed by atoms with van der Waals surface area (Å²) in [6, 6.07) is -0.815. The molecule has 2 atom stereocenters. The molecule has 0 aliphatic carbocycles. The molecule has 1 unspecified atom stereocenters. The van der Waals surface area contributed by atoms with Crippen molar-refractivity contribution >= 4 is 17.8 Å². The van der Waals surface area contributed by atoms with Crippen LogP contribution in [0.15, 0.2) is 0 Å². The van der Waals surface area contributed by atoms with E-state index in [4.69, 9.17) is 10.8 Å². The zero-order valence-corrected chi connectivity index (χ0v) is 13.4. The third kappa shape index (κ3) is 6.96. The molecule has 0 bridgehead atoms. The Morgan fingerprint density at radius 1 is 1.30 bits per heavy atom. The van der Waals surface area contributed by atoms with Gasteiger partial charge in [-0.05, 0) is 38.6 Å². The minimum atomic E-state index is -0.995. The van der Waals surface area contributed by atoms with E-state index in [1.165, 1.54) is 0 Å². The lowest BCUT2D eigenvalue weighted by atomic mass is 10.1. The first kappa shape index (κ1) is 19.4. The van der Waals surface area contributed by atoms with E-state index >= 15 is 0 Å². The Balaban J connectivity index is 2.87. The van der Waals surface area contributed by atoms with Gasteiger partial charge < -0.3 is 21.3 Å². The highest BCUT2D eigenvalue weighted by molar-refractivity contribution is 5.77. The highest BCUT2D eigenvalue weighted by atomic mass is 16.4. The van der Waals surface area contributed by atoms with Crippen LogP contribution in [-0.4, -0.2) is 58.3 Å². The summed E-state index contributed by atoms with van der Waals surface area (Å²) in [6.45, 7) is 0.585. The van der Waals surface area contributed by atoms with Gasteiger partial charge in [-0.1, -0.05) is 6.42 Å². The molecule has 0 radical (unpaired) electrons. The van der Waals surface area contributed by atoms with Gasteiger partial charge in [0, 0.05) is 13.0 Å². The number of rotatable bonds is 10. The normalized spacial score (nSPS) is 19.9. The maximum Gasteiger partial charge on any atom is 0.320 e. The third-order valence-electron chi connectivity index (χ3n) is 4.06. The average Bonchev–Trinajstić information content (AvgIpc) is 2.69. The summed E-state index contributed by atoms with van der Waals surface area (Å²) >= 11 is 0. The Hall–Kier alpha value is -1.67. The van der Waals surface area contributed by atoms with E-state index in [0.29, 0.717) is 38.6 Å². The van der Waals surface area contributed by atoms with Crippen LogP contribution in [0.3, 0.4) is 0 Å². The molecular formula is C15H27N3O5. The van der Waals surface area contributed by atoms with Crippen LogP contribution in [0.5, 0.6) is 0 Å². The number of hydrogen-bond acceptors (Lipinski definition) is 5. The molecule has 8 nitrogen and oxygen atoms in total. The minimum Gasteiger partial charge on any atom is -0.481 e. The lowest BCUT2D eigenvalue weighted by molar-refractivity contribution is -0.147. The van der Waals surface area contributed by atoms with Crippen molar-refractivity contribution in [1.29, 1.82) is 0 Å². The van der Waals surface area contributed by atoms with Gasteiger partial charge in [0.05, 0.1) is 12.6 Å². The van der Waals surface area contributed by atoms with Crippen molar-refractivity contribution < 1.29 is 24.6 Å². The molecule has 0 aromatic heterocycles. The van der Waals surface area contributed by atoms with Crippen molar-refractivity contribution in [3.63, 3.8) is 0 Å². The maximum atomic E-state index is 11.8. The van der Waals surface area contributed by atoms with Gasteiger partial charge in [-0.3, -0.25) is 19.3 Å². The number of unbranched alkanes of at least 4 members (excludes halogenated alkanes) is 1. The van der Waals surface area contributed by atoms with E-state index in [0.717, 1.165) is 12.8 Å².